The Morgan fingerprint density at radius 2 is 2.15 bits per heavy atom. The van der Waals surface area contributed by atoms with Gasteiger partial charge in [0.2, 0.25) is 0 Å². The number of hydrogen-bond donors (Lipinski definition) is 2. The third-order valence-corrected chi connectivity index (χ3v) is 4.08. The van der Waals surface area contributed by atoms with Gasteiger partial charge in [0.05, 0.1) is 12.1 Å². The molecule has 0 spiro atoms. The first-order chi connectivity index (χ1) is 9.74. The number of aromatic nitrogens is 3. The fraction of sp³-hybridized carbons (Fsp3) is 0.500. The summed E-state index contributed by atoms with van der Waals surface area (Å²) in [6.45, 7) is 0.837. The number of rotatable bonds is 4. The fourth-order valence-electron chi connectivity index (χ4n) is 2.85. The van der Waals surface area contributed by atoms with Gasteiger partial charge in [-0.25, -0.2) is 9.50 Å². The van der Waals surface area contributed by atoms with Crippen molar-refractivity contribution in [3.63, 3.8) is 0 Å². The minimum Gasteiger partial charge on any atom is -0.481 e. The lowest BCUT2D eigenvalue weighted by Gasteiger charge is -2.26. The van der Waals surface area contributed by atoms with E-state index in [0.29, 0.717) is 5.92 Å². The number of fused-ring (bicyclic) bond motifs is 1. The third-order valence-electron chi connectivity index (χ3n) is 4.08. The van der Waals surface area contributed by atoms with Crippen molar-refractivity contribution in [2.75, 3.05) is 11.9 Å². The monoisotopic (exact) mass is 274 g/mol. The average molecular weight is 274 g/mol. The van der Waals surface area contributed by atoms with Crippen LogP contribution >= 0.6 is 0 Å². The highest BCUT2D eigenvalue weighted by molar-refractivity contribution is 5.70. The predicted molar refractivity (Wildman–Crippen MR) is 74.6 cm³/mol. The summed E-state index contributed by atoms with van der Waals surface area (Å²) >= 11 is 0. The molecular formula is C14H18N4O2. The molecule has 1 aliphatic carbocycles. The first-order valence-corrected chi connectivity index (χ1v) is 6.99. The number of carboxylic acid groups (broad SMARTS) is 1. The topological polar surface area (TPSA) is 79.5 Å². The molecule has 1 fully saturated rings. The number of anilines is 1. The Morgan fingerprint density at radius 3 is 2.90 bits per heavy atom. The Hall–Kier alpha value is -2.11. The number of nitrogens with one attached hydrogen (secondary N) is 1. The van der Waals surface area contributed by atoms with Gasteiger partial charge in [0.1, 0.15) is 5.52 Å². The van der Waals surface area contributed by atoms with E-state index in [0.717, 1.165) is 43.6 Å². The lowest BCUT2D eigenvalue weighted by Crippen LogP contribution is -2.25. The predicted octanol–water partition coefficient (Wildman–Crippen LogP) is 2.03. The van der Waals surface area contributed by atoms with Gasteiger partial charge in [-0.2, -0.15) is 5.10 Å². The molecule has 6 nitrogen and oxygen atoms in total. The molecule has 0 aromatic carbocycles. The molecule has 0 amide bonds. The molecular weight excluding hydrogens is 256 g/mol. The largest absolute Gasteiger partial charge is 0.481 e. The van der Waals surface area contributed by atoms with Crippen LogP contribution in [-0.2, 0) is 4.79 Å². The van der Waals surface area contributed by atoms with E-state index in [9.17, 15) is 4.79 Å². The van der Waals surface area contributed by atoms with Crippen molar-refractivity contribution in [3.8, 4) is 0 Å². The van der Waals surface area contributed by atoms with E-state index in [1.54, 1.807) is 16.9 Å². The number of nitrogens with zero attached hydrogens (tertiary/aromatic N) is 3. The Balaban J connectivity index is 1.58. The zero-order chi connectivity index (χ0) is 13.9. The second kappa shape index (κ2) is 5.48. The van der Waals surface area contributed by atoms with Crippen LogP contribution in [0.25, 0.3) is 5.52 Å². The zero-order valence-corrected chi connectivity index (χ0v) is 11.2. The summed E-state index contributed by atoms with van der Waals surface area (Å²) in [4.78, 5) is 15.3. The van der Waals surface area contributed by atoms with E-state index in [1.807, 2.05) is 12.3 Å². The molecule has 3 rings (SSSR count). The summed E-state index contributed by atoms with van der Waals surface area (Å²) in [5.74, 6) is 0.561. The maximum Gasteiger partial charge on any atom is 0.306 e. The number of carbonyl (C=O) groups is 1. The van der Waals surface area contributed by atoms with Crippen molar-refractivity contribution in [1.82, 2.24) is 14.6 Å². The summed E-state index contributed by atoms with van der Waals surface area (Å²) in [5.41, 5.74) is 0.965. The van der Waals surface area contributed by atoms with E-state index in [1.165, 1.54) is 0 Å². The SMILES string of the molecule is O=C(O)C1CCC(CNc2nccn3nccc23)CC1. The average Bonchev–Trinajstić information content (AvgIpc) is 2.94. The highest BCUT2D eigenvalue weighted by Crippen LogP contribution is 2.29. The Labute approximate surface area is 116 Å². The minimum absolute atomic E-state index is 0.150. The van der Waals surface area contributed by atoms with Crippen molar-refractivity contribution in [3.05, 3.63) is 24.7 Å². The van der Waals surface area contributed by atoms with Crippen LogP contribution < -0.4 is 5.32 Å². The van der Waals surface area contributed by atoms with Gasteiger partial charge in [-0.05, 0) is 37.7 Å². The highest BCUT2D eigenvalue weighted by atomic mass is 16.4. The zero-order valence-electron chi connectivity index (χ0n) is 11.2. The summed E-state index contributed by atoms with van der Waals surface area (Å²) in [6, 6.07) is 1.93. The lowest BCUT2D eigenvalue weighted by molar-refractivity contribution is -0.143. The molecule has 20 heavy (non-hydrogen) atoms. The van der Waals surface area contributed by atoms with Crippen LogP contribution in [0.4, 0.5) is 5.82 Å². The summed E-state index contributed by atoms with van der Waals surface area (Å²) in [7, 11) is 0. The van der Waals surface area contributed by atoms with Gasteiger partial charge >= 0.3 is 5.97 Å². The van der Waals surface area contributed by atoms with E-state index in [2.05, 4.69) is 15.4 Å². The van der Waals surface area contributed by atoms with Crippen molar-refractivity contribution >= 4 is 17.3 Å². The molecule has 2 aromatic rings. The standard InChI is InChI=1S/C14H18N4O2/c19-14(20)11-3-1-10(2-4-11)9-16-13-12-5-6-17-18(12)8-7-15-13/h5-8,10-11H,1-4,9H2,(H,15,16)(H,19,20). The van der Waals surface area contributed by atoms with Crippen molar-refractivity contribution in [1.29, 1.82) is 0 Å². The van der Waals surface area contributed by atoms with Crippen LogP contribution in [0.2, 0.25) is 0 Å². The number of hydrogen-bond acceptors (Lipinski definition) is 4. The van der Waals surface area contributed by atoms with Gasteiger partial charge in [-0.3, -0.25) is 4.79 Å². The second-order valence-corrected chi connectivity index (χ2v) is 5.37. The summed E-state index contributed by atoms with van der Waals surface area (Å²) in [5, 5.41) is 16.5. The quantitative estimate of drug-likeness (QED) is 0.891. The van der Waals surface area contributed by atoms with Crippen LogP contribution in [0, 0.1) is 11.8 Å². The third kappa shape index (κ3) is 2.59. The van der Waals surface area contributed by atoms with E-state index in [4.69, 9.17) is 5.11 Å². The maximum atomic E-state index is 10.9. The molecule has 1 aliphatic rings. The van der Waals surface area contributed by atoms with Crippen molar-refractivity contribution < 1.29 is 9.90 Å². The molecule has 0 saturated heterocycles. The van der Waals surface area contributed by atoms with Crippen LogP contribution in [0.15, 0.2) is 24.7 Å². The lowest BCUT2D eigenvalue weighted by atomic mass is 9.82. The van der Waals surface area contributed by atoms with Crippen molar-refractivity contribution in [2.45, 2.75) is 25.7 Å². The molecule has 106 valence electrons. The van der Waals surface area contributed by atoms with Crippen molar-refractivity contribution in [2.24, 2.45) is 11.8 Å². The van der Waals surface area contributed by atoms with E-state index < -0.39 is 5.97 Å². The first-order valence-electron chi connectivity index (χ1n) is 6.99. The molecule has 0 aliphatic heterocycles. The molecule has 0 bridgehead atoms. The highest BCUT2D eigenvalue weighted by Gasteiger charge is 2.25. The smallest absolute Gasteiger partial charge is 0.306 e. The summed E-state index contributed by atoms with van der Waals surface area (Å²) < 4.78 is 1.79. The minimum atomic E-state index is -0.651. The molecule has 0 atom stereocenters. The number of aliphatic carboxylic acids is 1. The Morgan fingerprint density at radius 1 is 1.35 bits per heavy atom. The Bertz CT molecular complexity index is 602. The van der Waals surface area contributed by atoms with Gasteiger partial charge in [0.15, 0.2) is 5.82 Å². The molecule has 0 unspecified atom stereocenters. The summed E-state index contributed by atoms with van der Waals surface area (Å²) in [6.07, 6.45) is 8.79. The fourth-order valence-corrected chi connectivity index (χ4v) is 2.85. The van der Waals surface area contributed by atoms with Crippen LogP contribution in [-0.4, -0.2) is 32.2 Å². The van der Waals surface area contributed by atoms with Crippen LogP contribution in [0.1, 0.15) is 25.7 Å². The van der Waals surface area contributed by atoms with Gasteiger partial charge in [-0.15, -0.1) is 0 Å². The maximum absolute atomic E-state index is 10.9. The van der Waals surface area contributed by atoms with Gasteiger partial charge < -0.3 is 10.4 Å². The number of carboxylic acids is 1. The molecule has 2 N–H and O–H groups in total. The molecule has 2 aromatic heterocycles. The van der Waals surface area contributed by atoms with Gasteiger partial charge in [0.25, 0.3) is 0 Å². The van der Waals surface area contributed by atoms with E-state index >= 15 is 0 Å². The van der Waals surface area contributed by atoms with Gasteiger partial charge in [-0.1, -0.05) is 0 Å². The Kier molecular flexibility index (Phi) is 3.54. The van der Waals surface area contributed by atoms with E-state index in [-0.39, 0.29) is 5.92 Å². The molecule has 2 heterocycles. The van der Waals surface area contributed by atoms with Crippen LogP contribution in [0.3, 0.4) is 0 Å². The van der Waals surface area contributed by atoms with Gasteiger partial charge in [0, 0.05) is 18.9 Å². The normalized spacial score (nSPS) is 22.8. The molecule has 0 radical (unpaired) electrons. The first kappa shape index (κ1) is 12.9. The molecule has 6 heteroatoms. The van der Waals surface area contributed by atoms with Crippen LogP contribution in [0.5, 0.6) is 0 Å². The second-order valence-electron chi connectivity index (χ2n) is 5.37. The molecule has 1 saturated carbocycles.